The minimum absolute atomic E-state index is 0.200. The van der Waals surface area contributed by atoms with E-state index in [1.807, 2.05) is 0 Å². The average molecular weight is 269 g/mol. The molecule has 2 heteroatoms. The van der Waals surface area contributed by atoms with Crippen molar-refractivity contribution in [3.05, 3.63) is 64.7 Å². The van der Waals surface area contributed by atoms with Crippen LogP contribution in [0.5, 0.6) is 0 Å². The monoisotopic (exact) mass is 269 g/mol. The second kappa shape index (κ2) is 6.58. The van der Waals surface area contributed by atoms with E-state index in [-0.39, 0.29) is 12.6 Å². The highest BCUT2D eigenvalue weighted by molar-refractivity contribution is 5.47. The molecule has 0 radical (unpaired) electrons. The van der Waals surface area contributed by atoms with Gasteiger partial charge in [0.05, 0.1) is 0 Å². The summed E-state index contributed by atoms with van der Waals surface area (Å²) < 4.78 is 0. The van der Waals surface area contributed by atoms with Gasteiger partial charge in [-0.3, -0.25) is 0 Å². The molecule has 2 aromatic rings. The molecule has 0 aliphatic rings. The van der Waals surface area contributed by atoms with Crippen molar-refractivity contribution in [2.24, 2.45) is 0 Å². The quantitative estimate of drug-likeness (QED) is 0.859. The molecule has 2 nitrogen and oxygen atoms in total. The molecule has 0 aliphatic heterocycles. The van der Waals surface area contributed by atoms with Crippen molar-refractivity contribution in [3.63, 3.8) is 0 Å². The summed E-state index contributed by atoms with van der Waals surface area (Å²) >= 11 is 0. The Balaban J connectivity index is 2.08. The molecule has 2 rings (SSSR count). The highest BCUT2D eigenvalue weighted by atomic mass is 16.2. The van der Waals surface area contributed by atoms with E-state index in [2.05, 4.69) is 68.6 Å². The number of benzene rings is 2. The van der Waals surface area contributed by atoms with Crippen LogP contribution >= 0.6 is 0 Å². The van der Waals surface area contributed by atoms with Gasteiger partial charge in [0.1, 0.15) is 0 Å². The third-order valence-corrected chi connectivity index (χ3v) is 3.48. The maximum atomic E-state index is 8.92. The lowest BCUT2D eigenvalue weighted by Gasteiger charge is -2.17. The zero-order chi connectivity index (χ0) is 14.5. The van der Waals surface area contributed by atoms with Gasteiger partial charge in [0.2, 0.25) is 0 Å². The first-order chi connectivity index (χ1) is 9.58. The second-order valence-electron chi connectivity index (χ2n) is 5.46. The Morgan fingerprint density at radius 3 is 2.15 bits per heavy atom. The first-order valence-electron chi connectivity index (χ1n) is 7.13. The molecule has 0 heterocycles. The first kappa shape index (κ1) is 14.6. The van der Waals surface area contributed by atoms with E-state index in [0.29, 0.717) is 6.42 Å². The normalized spacial score (nSPS) is 12.2. The average Bonchev–Trinajstić information content (AvgIpc) is 2.40. The fourth-order valence-electron chi connectivity index (χ4n) is 2.49. The largest absolute Gasteiger partial charge is 0.396 e. The first-order valence-corrected chi connectivity index (χ1v) is 7.13. The highest BCUT2D eigenvalue weighted by Gasteiger charge is 2.06. The molecule has 0 aromatic heterocycles. The summed E-state index contributed by atoms with van der Waals surface area (Å²) in [5.74, 6) is 0. The summed E-state index contributed by atoms with van der Waals surface area (Å²) in [6.07, 6.45) is 0.715. The molecule has 0 aliphatic carbocycles. The Hall–Kier alpha value is -1.80. The van der Waals surface area contributed by atoms with E-state index >= 15 is 0 Å². The summed E-state index contributed by atoms with van der Waals surface area (Å²) in [5, 5.41) is 12.4. The number of rotatable bonds is 5. The molecule has 2 N–H and O–H groups in total. The van der Waals surface area contributed by atoms with Crippen molar-refractivity contribution in [2.75, 3.05) is 11.9 Å². The molecule has 1 unspecified atom stereocenters. The van der Waals surface area contributed by atoms with Gasteiger partial charge in [0.15, 0.2) is 0 Å². The Bertz CT molecular complexity index is 540. The van der Waals surface area contributed by atoms with Crippen LogP contribution in [0.4, 0.5) is 5.69 Å². The van der Waals surface area contributed by atoms with Crippen LogP contribution in [0, 0.1) is 13.8 Å². The number of aliphatic hydroxyl groups is 1. The number of anilines is 1. The lowest BCUT2D eigenvalue weighted by Crippen LogP contribution is -2.07. The molecule has 106 valence electrons. The van der Waals surface area contributed by atoms with E-state index < -0.39 is 0 Å². The van der Waals surface area contributed by atoms with Crippen LogP contribution < -0.4 is 5.32 Å². The lowest BCUT2D eigenvalue weighted by atomic mass is 10.0. The van der Waals surface area contributed by atoms with Crippen LogP contribution in [0.2, 0.25) is 0 Å². The third kappa shape index (κ3) is 3.84. The maximum absolute atomic E-state index is 8.92. The second-order valence-corrected chi connectivity index (χ2v) is 5.46. The Kier molecular flexibility index (Phi) is 4.80. The summed E-state index contributed by atoms with van der Waals surface area (Å²) in [6, 6.07) is 15.2. The van der Waals surface area contributed by atoms with Crippen molar-refractivity contribution < 1.29 is 5.11 Å². The van der Waals surface area contributed by atoms with Gasteiger partial charge in [-0.1, -0.05) is 41.5 Å². The zero-order valence-electron chi connectivity index (χ0n) is 12.5. The smallest absolute Gasteiger partial charge is 0.0485 e. The fraction of sp³-hybridized carbons (Fsp3) is 0.333. The topological polar surface area (TPSA) is 32.3 Å². The molecule has 0 saturated heterocycles. The summed E-state index contributed by atoms with van der Waals surface area (Å²) in [7, 11) is 0. The maximum Gasteiger partial charge on any atom is 0.0485 e. The Labute approximate surface area is 121 Å². The fourth-order valence-corrected chi connectivity index (χ4v) is 2.49. The molecule has 0 bridgehead atoms. The molecule has 0 fully saturated rings. The summed E-state index contributed by atoms with van der Waals surface area (Å²) in [6.45, 7) is 6.64. The van der Waals surface area contributed by atoms with Gasteiger partial charge in [-0.05, 0) is 50.5 Å². The minimum atomic E-state index is 0.200. The molecule has 0 spiro atoms. The predicted octanol–water partition coefficient (Wildman–Crippen LogP) is 4.01. The van der Waals surface area contributed by atoms with Gasteiger partial charge in [-0.15, -0.1) is 0 Å². The van der Waals surface area contributed by atoms with Crippen molar-refractivity contribution in [3.8, 4) is 0 Å². The van der Waals surface area contributed by atoms with Gasteiger partial charge in [-0.2, -0.15) is 0 Å². The van der Waals surface area contributed by atoms with Crippen molar-refractivity contribution in [2.45, 2.75) is 33.2 Å². The van der Waals surface area contributed by atoms with Crippen LogP contribution in [-0.2, 0) is 6.42 Å². The van der Waals surface area contributed by atoms with E-state index in [1.54, 1.807) is 0 Å². The molecular formula is C18H23NO. The van der Waals surface area contributed by atoms with E-state index in [4.69, 9.17) is 5.11 Å². The van der Waals surface area contributed by atoms with Crippen LogP contribution in [0.3, 0.4) is 0 Å². The third-order valence-electron chi connectivity index (χ3n) is 3.48. The van der Waals surface area contributed by atoms with Gasteiger partial charge < -0.3 is 10.4 Å². The molecule has 0 saturated carbocycles. The molecule has 0 amide bonds. The molecule has 2 aromatic carbocycles. The van der Waals surface area contributed by atoms with Crippen LogP contribution in [0.25, 0.3) is 0 Å². The van der Waals surface area contributed by atoms with Gasteiger partial charge in [-0.25, -0.2) is 0 Å². The number of aliphatic hydroxyl groups excluding tert-OH is 1. The Morgan fingerprint density at radius 2 is 1.60 bits per heavy atom. The number of nitrogens with one attached hydrogen (secondary N) is 1. The standard InChI is InChI=1S/C18H23NO/c1-13-10-14(2)12-17(11-13)15(3)19-18-6-4-16(5-7-18)8-9-20/h4-7,10-12,15,19-20H,8-9H2,1-3H3. The Morgan fingerprint density at radius 1 is 1.00 bits per heavy atom. The van der Waals surface area contributed by atoms with Crippen LogP contribution in [-0.4, -0.2) is 11.7 Å². The predicted molar refractivity (Wildman–Crippen MR) is 85.2 cm³/mol. The summed E-state index contributed by atoms with van der Waals surface area (Å²) in [5.41, 5.74) is 6.18. The van der Waals surface area contributed by atoms with Crippen LogP contribution in [0.15, 0.2) is 42.5 Å². The van der Waals surface area contributed by atoms with E-state index in [9.17, 15) is 0 Å². The summed E-state index contributed by atoms with van der Waals surface area (Å²) in [4.78, 5) is 0. The van der Waals surface area contributed by atoms with Gasteiger partial charge >= 0.3 is 0 Å². The van der Waals surface area contributed by atoms with E-state index in [1.165, 1.54) is 16.7 Å². The van der Waals surface area contributed by atoms with Crippen molar-refractivity contribution in [1.29, 1.82) is 0 Å². The minimum Gasteiger partial charge on any atom is -0.396 e. The number of aryl methyl sites for hydroxylation is 2. The highest BCUT2D eigenvalue weighted by Crippen LogP contribution is 2.21. The molecular weight excluding hydrogens is 246 g/mol. The van der Waals surface area contributed by atoms with Gasteiger partial charge in [0, 0.05) is 18.3 Å². The van der Waals surface area contributed by atoms with E-state index in [0.717, 1.165) is 11.3 Å². The lowest BCUT2D eigenvalue weighted by molar-refractivity contribution is 0.299. The molecule has 20 heavy (non-hydrogen) atoms. The van der Waals surface area contributed by atoms with Crippen molar-refractivity contribution >= 4 is 5.69 Å². The number of hydrogen-bond acceptors (Lipinski definition) is 2. The zero-order valence-corrected chi connectivity index (χ0v) is 12.5. The van der Waals surface area contributed by atoms with Crippen molar-refractivity contribution in [1.82, 2.24) is 0 Å². The van der Waals surface area contributed by atoms with Gasteiger partial charge in [0.25, 0.3) is 0 Å². The SMILES string of the molecule is Cc1cc(C)cc(C(C)Nc2ccc(CCO)cc2)c1. The number of hydrogen-bond donors (Lipinski definition) is 2. The van der Waals surface area contributed by atoms with Crippen LogP contribution in [0.1, 0.15) is 35.2 Å². The molecule has 1 atom stereocenters.